The van der Waals surface area contributed by atoms with Crippen LogP contribution in [0.1, 0.15) is 44.1 Å². The van der Waals surface area contributed by atoms with Crippen molar-refractivity contribution in [2.75, 3.05) is 21.3 Å². The van der Waals surface area contributed by atoms with Gasteiger partial charge in [0.05, 0.1) is 21.3 Å². The molecule has 4 bridgehead atoms. The van der Waals surface area contributed by atoms with Crippen molar-refractivity contribution < 1.29 is 34.0 Å². The quantitative estimate of drug-likeness (QED) is 0.601. The van der Waals surface area contributed by atoms with E-state index in [1.54, 1.807) is 21.3 Å². The Morgan fingerprint density at radius 3 is 1.80 bits per heavy atom. The number of hydrogen-bond donors (Lipinski definition) is 3. The molecule has 166 valence electrons. The van der Waals surface area contributed by atoms with Crippen LogP contribution in [-0.2, 0) is 16.1 Å². The highest BCUT2D eigenvalue weighted by Gasteiger charge is 2.50. The summed E-state index contributed by atoms with van der Waals surface area (Å²) in [6.45, 7) is 0.829. The lowest BCUT2D eigenvalue weighted by Gasteiger charge is -2.57. The minimum Gasteiger partial charge on any atom is -0.493 e. The fraction of sp³-hybridized carbons (Fsp3) is 0.636. The van der Waals surface area contributed by atoms with Crippen LogP contribution >= 0.6 is 0 Å². The molecule has 1 aromatic rings. The van der Waals surface area contributed by atoms with Crippen LogP contribution in [-0.4, -0.2) is 49.0 Å². The van der Waals surface area contributed by atoms with Gasteiger partial charge in [0, 0.05) is 17.6 Å². The second-order valence-electron chi connectivity index (χ2n) is 8.66. The molecule has 0 amide bonds. The second kappa shape index (κ2) is 9.12. The first-order valence-corrected chi connectivity index (χ1v) is 10.3. The fourth-order valence-corrected chi connectivity index (χ4v) is 5.91. The smallest absolute Gasteiger partial charge is 0.414 e. The summed E-state index contributed by atoms with van der Waals surface area (Å²) in [4.78, 5) is 18.2. The number of nitrogens with one attached hydrogen (secondary N) is 1. The van der Waals surface area contributed by atoms with E-state index in [1.165, 1.54) is 38.5 Å². The van der Waals surface area contributed by atoms with E-state index in [9.17, 15) is 0 Å². The van der Waals surface area contributed by atoms with Crippen LogP contribution in [0.5, 0.6) is 17.2 Å². The molecule has 3 N–H and O–H groups in total. The number of carboxylic acids is 2. The highest BCUT2D eigenvalue weighted by atomic mass is 16.5. The molecule has 8 heteroatoms. The number of rotatable bonds is 6. The molecular formula is C22H31NO7. The zero-order chi connectivity index (χ0) is 21.9. The lowest BCUT2D eigenvalue weighted by atomic mass is 9.53. The van der Waals surface area contributed by atoms with Crippen molar-refractivity contribution in [3.63, 3.8) is 0 Å². The van der Waals surface area contributed by atoms with Crippen LogP contribution in [0, 0.1) is 17.8 Å². The Labute approximate surface area is 176 Å². The van der Waals surface area contributed by atoms with E-state index in [4.69, 9.17) is 34.0 Å². The van der Waals surface area contributed by atoms with Gasteiger partial charge in [-0.05, 0) is 62.3 Å². The van der Waals surface area contributed by atoms with E-state index in [1.807, 2.05) is 6.07 Å². The van der Waals surface area contributed by atoms with Gasteiger partial charge in [0.2, 0.25) is 5.75 Å². The van der Waals surface area contributed by atoms with Crippen LogP contribution in [0.4, 0.5) is 0 Å². The van der Waals surface area contributed by atoms with E-state index >= 15 is 0 Å². The molecule has 4 aliphatic carbocycles. The van der Waals surface area contributed by atoms with Gasteiger partial charge in [-0.2, -0.15) is 0 Å². The molecule has 4 aliphatic rings. The van der Waals surface area contributed by atoms with Crippen LogP contribution in [0.3, 0.4) is 0 Å². The molecule has 0 atom stereocenters. The maximum absolute atomic E-state index is 9.10. The average molecular weight is 421 g/mol. The van der Waals surface area contributed by atoms with Crippen molar-refractivity contribution in [2.45, 2.75) is 50.6 Å². The molecule has 0 aromatic heterocycles. The third-order valence-electron chi connectivity index (χ3n) is 6.66. The fourth-order valence-electron chi connectivity index (χ4n) is 5.91. The molecule has 1 aromatic carbocycles. The highest BCUT2D eigenvalue weighted by Crippen LogP contribution is 2.55. The predicted octanol–water partition coefficient (Wildman–Crippen LogP) is 2.93. The Balaban J connectivity index is 0.000000377. The van der Waals surface area contributed by atoms with Crippen LogP contribution in [0.25, 0.3) is 0 Å². The number of hydrogen-bond acceptors (Lipinski definition) is 6. The van der Waals surface area contributed by atoms with Crippen LogP contribution < -0.4 is 19.5 Å². The van der Waals surface area contributed by atoms with E-state index in [-0.39, 0.29) is 0 Å². The van der Waals surface area contributed by atoms with Crippen LogP contribution in [0.2, 0.25) is 0 Å². The van der Waals surface area contributed by atoms with Crippen molar-refractivity contribution in [2.24, 2.45) is 17.8 Å². The van der Waals surface area contributed by atoms with Crippen molar-refractivity contribution in [3.05, 3.63) is 17.7 Å². The molecule has 4 saturated carbocycles. The number of aliphatic carboxylic acids is 2. The molecule has 5 rings (SSSR count). The molecule has 0 saturated heterocycles. The lowest BCUT2D eigenvalue weighted by molar-refractivity contribution is -0.159. The highest BCUT2D eigenvalue weighted by molar-refractivity contribution is 6.27. The predicted molar refractivity (Wildman–Crippen MR) is 109 cm³/mol. The van der Waals surface area contributed by atoms with E-state index < -0.39 is 11.9 Å². The number of methoxy groups -OCH3 is 3. The molecular weight excluding hydrogens is 390 g/mol. The zero-order valence-electron chi connectivity index (χ0n) is 17.8. The van der Waals surface area contributed by atoms with E-state index in [0.717, 1.165) is 35.6 Å². The molecule has 0 unspecified atom stereocenters. The maximum atomic E-state index is 9.10. The average Bonchev–Trinajstić information content (AvgIpc) is 2.70. The first-order chi connectivity index (χ1) is 14.3. The summed E-state index contributed by atoms with van der Waals surface area (Å²) in [6.07, 6.45) is 8.49. The summed E-state index contributed by atoms with van der Waals surface area (Å²) < 4.78 is 16.5. The number of benzene rings is 1. The largest absolute Gasteiger partial charge is 0.493 e. The standard InChI is InChI=1S/C20H29NO3.C2H2O4/c1-22-17-5-4-16(18(23-2)19(17)24-3)12-21-20-9-13-6-14(10-20)8-15(7-13)11-20;3-1(4)2(5)6/h4-5,13-15,21H,6-12H2,1-3H3;(H,3,4)(H,5,6). The van der Waals surface area contributed by atoms with E-state index in [2.05, 4.69) is 11.4 Å². The van der Waals surface area contributed by atoms with Gasteiger partial charge < -0.3 is 29.7 Å². The maximum Gasteiger partial charge on any atom is 0.414 e. The summed E-state index contributed by atoms with van der Waals surface area (Å²) in [5.41, 5.74) is 1.50. The summed E-state index contributed by atoms with van der Waals surface area (Å²) in [6, 6.07) is 4.06. The van der Waals surface area contributed by atoms with Crippen molar-refractivity contribution in [1.82, 2.24) is 5.32 Å². The summed E-state index contributed by atoms with van der Waals surface area (Å²) in [7, 11) is 5.02. The summed E-state index contributed by atoms with van der Waals surface area (Å²) in [5.74, 6) is 1.40. The zero-order valence-corrected chi connectivity index (χ0v) is 17.8. The summed E-state index contributed by atoms with van der Waals surface area (Å²) >= 11 is 0. The Morgan fingerprint density at radius 2 is 1.40 bits per heavy atom. The van der Waals surface area contributed by atoms with Gasteiger partial charge in [0.1, 0.15) is 0 Å². The van der Waals surface area contributed by atoms with Crippen molar-refractivity contribution in [3.8, 4) is 17.2 Å². The molecule has 0 radical (unpaired) electrons. The van der Waals surface area contributed by atoms with Gasteiger partial charge in [0.15, 0.2) is 11.5 Å². The van der Waals surface area contributed by atoms with Gasteiger partial charge in [-0.15, -0.1) is 0 Å². The minimum atomic E-state index is -1.82. The molecule has 0 spiro atoms. The Hall–Kier alpha value is -2.48. The molecule has 0 aliphatic heterocycles. The van der Waals surface area contributed by atoms with Gasteiger partial charge in [0.25, 0.3) is 0 Å². The van der Waals surface area contributed by atoms with Gasteiger partial charge >= 0.3 is 11.9 Å². The minimum absolute atomic E-state index is 0.354. The first kappa shape index (κ1) is 22.2. The normalized spacial score (nSPS) is 28.3. The molecule has 0 heterocycles. The SMILES string of the molecule is COc1ccc(CNC23CC4CC(CC(C4)C2)C3)c(OC)c1OC.O=C(O)C(=O)O. The Morgan fingerprint density at radius 1 is 0.900 bits per heavy atom. The number of ether oxygens (including phenoxy) is 3. The number of carboxylic acid groups (broad SMARTS) is 2. The first-order valence-electron chi connectivity index (χ1n) is 10.3. The molecule has 30 heavy (non-hydrogen) atoms. The Kier molecular flexibility index (Phi) is 6.75. The topological polar surface area (TPSA) is 114 Å². The second-order valence-corrected chi connectivity index (χ2v) is 8.66. The van der Waals surface area contributed by atoms with Gasteiger partial charge in [-0.3, -0.25) is 0 Å². The molecule has 8 nitrogen and oxygen atoms in total. The van der Waals surface area contributed by atoms with E-state index in [0.29, 0.717) is 17.0 Å². The number of carbonyl (C=O) groups is 2. The third-order valence-corrected chi connectivity index (χ3v) is 6.66. The van der Waals surface area contributed by atoms with Gasteiger partial charge in [-0.25, -0.2) is 9.59 Å². The van der Waals surface area contributed by atoms with Crippen LogP contribution in [0.15, 0.2) is 12.1 Å². The Bertz CT molecular complexity index is 745. The van der Waals surface area contributed by atoms with Crippen molar-refractivity contribution >= 4 is 11.9 Å². The lowest BCUT2D eigenvalue weighted by Crippen LogP contribution is -2.58. The third kappa shape index (κ3) is 4.64. The molecule has 4 fully saturated rings. The van der Waals surface area contributed by atoms with Crippen molar-refractivity contribution in [1.29, 1.82) is 0 Å². The summed E-state index contributed by atoms with van der Waals surface area (Å²) in [5, 5.41) is 18.7. The monoisotopic (exact) mass is 421 g/mol. The van der Waals surface area contributed by atoms with Gasteiger partial charge in [-0.1, -0.05) is 6.07 Å².